The molecule has 6 nitrogen and oxygen atoms in total. The molecule has 0 aliphatic heterocycles. The molecule has 2 aromatic rings. The van der Waals surface area contributed by atoms with Crippen molar-refractivity contribution in [2.75, 3.05) is 13.1 Å². The largest absolute Gasteiger partial charge is 0.466 e. The minimum absolute atomic E-state index is 0.110. The second kappa shape index (κ2) is 8.22. The van der Waals surface area contributed by atoms with Gasteiger partial charge in [0, 0.05) is 18.7 Å². The highest BCUT2D eigenvalue weighted by Gasteiger charge is 2.25. The monoisotopic (exact) mass is 396 g/mol. The molecule has 0 aliphatic rings. The first-order chi connectivity index (χ1) is 12.6. The second-order valence-electron chi connectivity index (χ2n) is 6.29. The van der Waals surface area contributed by atoms with Crippen molar-refractivity contribution in [3.63, 3.8) is 0 Å². The molecule has 0 saturated heterocycles. The first-order valence-electron chi connectivity index (χ1n) is 8.79. The molecule has 1 amide bonds. The van der Waals surface area contributed by atoms with Crippen LogP contribution in [0.3, 0.4) is 0 Å². The number of aryl methyl sites for hydroxylation is 2. The number of benzene rings is 1. The molecule has 1 N–H and O–H groups in total. The Hall–Kier alpha value is -2.19. The highest BCUT2D eigenvalue weighted by Crippen LogP contribution is 2.23. The number of halogens is 1. The molecule has 27 heavy (non-hydrogen) atoms. The van der Waals surface area contributed by atoms with Gasteiger partial charge in [0.15, 0.2) is 0 Å². The Balaban J connectivity index is 2.33. The summed E-state index contributed by atoms with van der Waals surface area (Å²) < 4.78 is 46.2. The van der Waals surface area contributed by atoms with Crippen molar-refractivity contribution in [1.29, 1.82) is 0 Å². The molecule has 0 radical (unpaired) electrons. The van der Waals surface area contributed by atoms with E-state index in [0.717, 1.165) is 17.7 Å². The van der Waals surface area contributed by atoms with Crippen molar-refractivity contribution in [2.24, 2.45) is 0 Å². The number of nitrogens with one attached hydrogen (secondary N) is 1. The lowest BCUT2D eigenvalue weighted by molar-refractivity contribution is 0.0935. The third-order valence-corrected chi connectivity index (χ3v) is 6.47. The van der Waals surface area contributed by atoms with Crippen LogP contribution in [0.15, 0.2) is 33.6 Å². The Morgan fingerprint density at radius 1 is 1.22 bits per heavy atom. The third kappa shape index (κ3) is 4.39. The zero-order valence-corrected chi connectivity index (χ0v) is 17.0. The molecule has 8 heteroatoms. The number of nitrogens with zero attached hydrogens (tertiary/aromatic N) is 1. The van der Waals surface area contributed by atoms with E-state index in [4.69, 9.17) is 4.42 Å². The number of furan rings is 1. The Morgan fingerprint density at radius 2 is 1.85 bits per heavy atom. The summed E-state index contributed by atoms with van der Waals surface area (Å²) in [6.45, 7) is 9.34. The summed E-state index contributed by atoms with van der Waals surface area (Å²) in [6, 6.07) is 4.64. The van der Waals surface area contributed by atoms with Crippen LogP contribution in [0.25, 0.3) is 0 Å². The number of carbonyl (C=O) groups excluding carboxylic acids is 1. The predicted octanol–water partition coefficient (Wildman–Crippen LogP) is 3.56. The van der Waals surface area contributed by atoms with Gasteiger partial charge in [0.1, 0.15) is 17.3 Å². The zero-order chi connectivity index (χ0) is 20.4. The maximum atomic E-state index is 14.2. The predicted molar refractivity (Wildman–Crippen MR) is 101 cm³/mol. The van der Waals surface area contributed by atoms with Crippen molar-refractivity contribution in [2.45, 2.75) is 45.6 Å². The number of sulfonamides is 1. The summed E-state index contributed by atoms with van der Waals surface area (Å²) in [7, 11) is -3.79. The molecule has 1 unspecified atom stereocenters. The van der Waals surface area contributed by atoms with Crippen LogP contribution in [0.2, 0.25) is 0 Å². The zero-order valence-electron chi connectivity index (χ0n) is 16.2. The van der Waals surface area contributed by atoms with E-state index in [1.54, 1.807) is 40.7 Å². The minimum atomic E-state index is -3.79. The van der Waals surface area contributed by atoms with E-state index < -0.39 is 27.8 Å². The van der Waals surface area contributed by atoms with E-state index >= 15 is 0 Å². The fraction of sp³-hybridized carbons (Fsp3) is 0.421. The molecule has 1 aromatic carbocycles. The van der Waals surface area contributed by atoms with Crippen LogP contribution in [0.1, 0.15) is 54.3 Å². The normalized spacial score (nSPS) is 13.0. The lowest BCUT2D eigenvalue weighted by Gasteiger charge is -2.19. The van der Waals surface area contributed by atoms with Crippen molar-refractivity contribution in [3.8, 4) is 0 Å². The average molecular weight is 396 g/mol. The van der Waals surface area contributed by atoms with Gasteiger partial charge in [0.25, 0.3) is 5.91 Å². The fourth-order valence-electron chi connectivity index (χ4n) is 2.98. The van der Waals surface area contributed by atoms with Crippen LogP contribution in [0.5, 0.6) is 0 Å². The topological polar surface area (TPSA) is 79.6 Å². The Labute approximate surface area is 159 Å². The number of hydrogen-bond donors (Lipinski definition) is 1. The van der Waals surface area contributed by atoms with Gasteiger partial charge in [-0.25, -0.2) is 12.8 Å². The summed E-state index contributed by atoms with van der Waals surface area (Å²) in [5.74, 6) is -0.0890. The van der Waals surface area contributed by atoms with E-state index in [0.29, 0.717) is 11.5 Å². The summed E-state index contributed by atoms with van der Waals surface area (Å²) in [6.07, 6.45) is 0. The van der Waals surface area contributed by atoms with Gasteiger partial charge >= 0.3 is 0 Å². The van der Waals surface area contributed by atoms with Gasteiger partial charge in [-0.1, -0.05) is 13.8 Å². The highest BCUT2D eigenvalue weighted by molar-refractivity contribution is 7.89. The number of carbonyl (C=O) groups is 1. The van der Waals surface area contributed by atoms with Crippen LogP contribution < -0.4 is 5.32 Å². The first-order valence-corrected chi connectivity index (χ1v) is 10.2. The lowest BCUT2D eigenvalue weighted by atomic mass is 10.1. The molecule has 0 spiro atoms. The molecule has 1 heterocycles. The number of amides is 1. The van der Waals surface area contributed by atoms with E-state index in [1.165, 1.54) is 10.4 Å². The van der Waals surface area contributed by atoms with Crippen LogP contribution in [-0.4, -0.2) is 31.7 Å². The molecule has 0 saturated carbocycles. The van der Waals surface area contributed by atoms with Crippen molar-refractivity contribution in [3.05, 3.63) is 52.7 Å². The molecular formula is C19H25FN2O4S. The second-order valence-corrected chi connectivity index (χ2v) is 8.23. The fourth-order valence-corrected chi connectivity index (χ4v) is 4.47. The minimum Gasteiger partial charge on any atom is -0.466 e. The third-order valence-electron chi connectivity index (χ3n) is 4.42. The van der Waals surface area contributed by atoms with Gasteiger partial charge in [-0.2, -0.15) is 4.31 Å². The number of rotatable bonds is 7. The van der Waals surface area contributed by atoms with Gasteiger partial charge in [-0.3, -0.25) is 4.79 Å². The SMILES string of the molecule is CCN(CC)S(=O)(=O)c1ccc(F)c(C(=O)NC(C)c2cc(C)oc2C)c1. The summed E-state index contributed by atoms with van der Waals surface area (Å²) in [5.41, 5.74) is 0.473. The maximum absolute atomic E-state index is 14.2. The van der Waals surface area contributed by atoms with Crippen LogP contribution in [0, 0.1) is 19.7 Å². The lowest BCUT2D eigenvalue weighted by Crippen LogP contribution is -2.31. The first kappa shape index (κ1) is 21.1. The standard InChI is InChI=1S/C19H25FN2O4S/c1-6-22(7-2)27(24,25)15-8-9-18(20)17(11-15)19(23)21-13(4)16-10-12(3)26-14(16)5/h8-11,13H,6-7H2,1-5H3,(H,21,23). The summed E-state index contributed by atoms with van der Waals surface area (Å²) in [4.78, 5) is 12.5. The van der Waals surface area contributed by atoms with Crippen LogP contribution >= 0.6 is 0 Å². The molecule has 0 bridgehead atoms. The molecule has 2 rings (SSSR count). The molecule has 0 aliphatic carbocycles. The van der Waals surface area contributed by atoms with E-state index in [9.17, 15) is 17.6 Å². The smallest absolute Gasteiger partial charge is 0.254 e. The Bertz CT molecular complexity index is 933. The molecule has 148 valence electrons. The van der Waals surface area contributed by atoms with E-state index in [2.05, 4.69) is 5.32 Å². The average Bonchev–Trinajstić information content (AvgIpc) is 2.94. The van der Waals surface area contributed by atoms with Crippen molar-refractivity contribution in [1.82, 2.24) is 9.62 Å². The summed E-state index contributed by atoms with van der Waals surface area (Å²) in [5, 5.41) is 2.70. The maximum Gasteiger partial charge on any atom is 0.254 e. The summed E-state index contributed by atoms with van der Waals surface area (Å²) >= 11 is 0. The Kier molecular flexibility index (Phi) is 6.43. The van der Waals surface area contributed by atoms with Gasteiger partial charge in [0.2, 0.25) is 10.0 Å². The molecular weight excluding hydrogens is 371 g/mol. The quantitative estimate of drug-likeness (QED) is 0.776. The van der Waals surface area contributed by atoms with Crippen LogP contribution in [0.4, 0.5) is 4.39 Å². The van der Waals surface area contributed by atoms with Gasteiger partial charge in [-0.05, 0) is 45.0 Å². The van der Waals surface area contributed by atoms with E-state index in [-0.39, 0.29) is 23.5 Å². The molecule has 0 fully saturated rings. The van der Waals surface area contributed by atoms with Crippen LogP contribution in [-0.2, 0) is 10.0 Å². The molecule has 1 aromatic heterocycles. The van der Waals surface area contributed by atoms with E-state index in [1.807, 2.05) is 0 Å². The van der Waals surface area contributed by atoms with Gasteiger partial charge in [-0.15, -0.1) is 0 Å². The molecule has 1 atom stereocenters. The van der Waals surface area contributed by atoms with Crippen molar-refractivity contribution < 1.29 is 22.0 Å². The highest BCUT2D eigenvalue weighted by atomic mass is 32.2. The van der Waals surface area contributed by atoms with Crippen molar-refractivity contribution >= 4 is 15.9 Å². The number of hydrogen-bond acceptors (Lipinski definition) is 4. The van der Waals surface area contributed by atoms with Gasteiger partial charge < -0.3 is 9.73 Å². The van der Waals surface area contributed by atoms with Gasteiger partial charge in [0.05, 0.1) is 16.5 Å². The Morgan fingerprint density at radius 3 is 2.37 bits per heavy atom.